The Morgan fingerprint density at radius 3 is 2.71 bits per heavy atom. The minimum Gasteiger partial charge on any atom is -0.288 e. The van der Waals surface area contributed by atoms with Crippen LogP contribution in [-0.4, -0.2) is 10.8 Å². The maximum Gasteiger partial charge on any atom is 0.196 e. The molecule has 1 aromatic heterocycles. The molecule has 0 atom stereocenters. The molecule has 0 radical (unpaired) electrons. The molecule has 1 aromatic carbocycles. The van der Waals surface area contributed by atoms with Gasteiger partial charge in [0.25, 0.3) is 0 Å². The van der Waals surface area contributed by atoms with E-state index in [0.29, 0.717) is 12.0 Å². The maximum atomic E-state index is 13.5. The topological polar surface area (TPSA) is 30.0 Å². The van der Waals surface area contributed by atoms with Gasteiger partial charge in [-0.15, -0.1) is 0 Å². The van der Waals surface area contributed by atoms with Crippen LogP contribution in [0.2, 0.25) is 0 Å². The normalized spacial score (nSPS) is 10.2. The van der Waals surface area contributed by atoms with E-state index in [1.54, 1.807) is 30.6 Å². The second kappa shape index (κ2) is 4.87. The average Bonchev–Trinajstić information content (AvgIpc) is 2.38. The molecule has 1 heterocycles. The van der Waals surface area contributed by atoms with E-state index in [0.717, 1.165) is 5.56 Å². The average molecular weight is 229 g/mol. The number of pyridine rings is 1. The van der Waals surface area contributed by atoms with Crippen LogP contribution >= 0.6 is 0 Å². The molecule has 0 spiro atoms. The van der Waals surface area contributed by atoms with Crippen LogP contribution in [-0.2, 0) is 6.42 Å². The van der Waals surface area contributed by atoms with Crippen LogP contribution in [0.3, 0.4) is 0 Å². The molecule has 2 aromatic rings. The van der Waals surface area contributed by atoms with Gasteiger partial charge in [-0.1, -0.05) is 19.1 Å². The Morgan fingerprint density at radius 2 is 2.00 bits per heavy atom. The van der Waals surface area contributed by atoms with Gasteiger partial charge in [-0.3, -0.25) is 9.78 Å². The van der Waals surface area contributed by atoms with Crippen molar-refractivity contribution >= 4 is 5.78 Å². The lowest BCUT2D eigenvalue weighted by atomic mass is 9.98. The minimum atomic E-state index is -0.489. The van der Waals surface area contributed by atoms with Crippen molar-refractivity contribution in [3.63, 3.8) is 0 Å². The van der Waals surface area contributed by atoms with E-state index < -0.39 is 5.82 Å². The van der Waals surface area contributed by atoms with E-state index in [-0.39, 0.29) is 11.3 Å². The van der Waals surface area contributed by atoms with Crippen molar-refractivity contribution in [2.45, 2.75) is 13.3 Å². The van der Waals surface area contributed by atoms with Gasteiger partial charge in [-0.05, 0) is 30.2 Å². The first-order valence-electron chi connectivity index (χ1n) is 5.46. The molecule has 0 aliphatic heterocycles. The Labute approximate surface area is 99.1 Å². The van der Waals surface area contributed by atoms with E-state index in [1.807, 2.05) is 6.92 Å². The standard InChI is InChI=1S/C14H12FNO/c1-2-10-9-16-8-7-11(10)14(17)12-5-3-4-6-13(12)15/h3-9H,2H2,1H3. The number of rotatable bonds is 3. The molecular formula is C14H12FNO. The Balaban J connectivity index is 2.48. The quantitative estimate of drug-likeness (QED) is 0.757. The highest BCUT2D eigenvalue weighted by Gasteiger charge is 2.15. The molecule has 0 saturated carbocycles. The molecular weight excluding hydrogens is 217 g/mol. The van der Waals surface area contributed by atoms with Gasteiger partial charge >= 0.3 is 0 Å². The fourth-order valence-electron chi connectivity index (χ4n) is 1.72. The van der Waals surface area contributed by atoms with Crippen LogP contribution in [0.1, 0.15) is 28.4 Å². The third kappa shape index (κ3) is 2.23. The minimum absolute atomic E-state index is 0.105. The first-order chi connectivity index (χ1) is 8.24. The Kier molecular flexibility index (Phi) is 3.28. The maximum absolute atomic E-state index is 13.5. The fourth-order valence-corrected chi connectivity index (χ4v) is 1.72. The lowest BCUT2D eigenvalue weighted by molar-refractivity contribution is 0.103. The predicted octanol–water partition coefficient (Wildman–Crippen LogP) is 3.01. The van der Waals surface area contributed by atoms with Crippen LogP contribution in [0.5, 0.6) is 0 Å². The summed E-state index contributed by atoms with van der Waals surface area (Å²) in [6, 6.07) is 7.65. The van der Waals surface area contributed by atoms with Crippen molar-refractivity contribution in [1.29, 1.82) is 0 Å². The zero-order valence-electron chi connectivity index (χ0n) is 9.48. The molecule has 86 valence electrons. The number of ketones is 1. The van der Waals surface area contributed by atoms with Gasteiger partial charge in [0.15, 0.2) is 5.78 Å². The highest BCUT2D eigenvalue weighted by Crippen LogP contribution is 2.16. The summed E-state index contributed by atoms with van der Waals surface area (Å²) in [5.74, 6) is -0.779. The second-order valence-electron chi connectivity index (χ2n) is 3.70. The SMILES string of the molecule is CCc1cnccc1C(=O)c1ccccc1F. The molecule has 0 aliphatic carbocycles. The number of aromatic nitrogens is 1. The zero-order valence-corrected chi connectivity index (χ0v) is 9.48. The smallest absolute Gasteiger partial charge is 0.196 e. The summed E-state index contributed by atoms with van der Waals surface area (Å²) < 4.78 is 13.5. The fraction of sp³-hybridized carbons (Fsp3) is 0.143. The third-order valence-corrected chi connectivity index (χ3v) is 2.65. The van der Waals surface area contributed by atoms with E-state index in [1.165, 1.54) is 12.1 Å². The van der Waals surface area contributed by atoms with Gasteiger partial charge in [0, 0.05) is 18.0 Å². The zero-order chi connectivity index (χ0) is 12.3. The molecule has 2 nitrogen and oxygen atoms in total. The Bertz CT molecular complexity index is 551. The number of carbonyl (C=O) groups is 1. The molecule has 0 bridgehead atoms. The summed E-state index contributed by atoms with van der Waals surface area (Å²) in [5.41, 5.74) is 1.46. The van der Waals surface area contributed by atoms with Crippen molar-refractivity contribution < 1.29 is 9.18 Å². The number of benzene rings is 1. The summed E-state index contributed by atoms with van der Waals surface area (Å²) in [6.07, 6.45) is 3.89. The molecule has 0 N–H and O–H groups in total. The third-order valence-electron chi connectivity index (χ3n) is 2.65. The lowest BCUT2D eigenvalue weighted by Gasteiger charge is -2.06. The number of nitrogens with zero attached hydrogens (tertiary/aromatic N) is 1. The molecule has 3 heteroatoms. The number of halogens is 1. The van der Waals surface area contributed by atoms with Crippen molar-refractivity contribution in [1.82, 2.24) is 4.98 Å². The van der Waals surface area contributed by atoms with Crippen molar-refractivity contribution in [2.24, 2.45) is 0 Å². The molecule has 0 fully saturated rings. The van der Waals surface area contributed by atoms with Crippen LogP contribution in [0.25, 0.3) is 0 Å². The Morgan fingerprint density at radius 1 is 1.24 bits per heavy atom. The number of aryl methyl sites for hydroxylation is 1. The van der Waals surface area contributed by atoms with Crippen molar-refractivity contribution in [3.8, 4) is 0 Å². The van der Waals surface area contributed by atoms with Gasteiger partial charge in [0.05, 0.1) is 5.56 Å². The van der Waals surface area contributed by atoms with E-state index in [4.69, 9.17) is 0 Å². The van der Waals surface area contributed by atoms with Gasteiger partial charge in [-0.2, -0.15) is 0 Å². The highest BCUT2D eigenvalue weighted by molar-refractivity contribution is 6.09. The summed E-state index contributed by atoms with van der Waals surface area (Å²) in [4.78, 5) is 16.1. The van der Waals surface area contributed by atoms with Crippen LogP contribution in [0, 0.1) is 5.82 Å². The number of hydrogen-bond acceptors (Lipinski definition) is 2. The Hall–Kier alpha value is -2.03. The summed E-state index contributed by atoms with van der Waals surface area (Å²) in [7, 11) is 0. The molecule has 17 heavy (non-hydrogen) atoms. The monoisotopic (exact) mass is 229 g/mol. The first kappa shape index (κ1) is 11.5. The van der Waals surface area contributed by atoms with Crippen molar-refractivity contribution in [2.75, 3.05) is 0 Å². The number of carbonyl (C=O) groups excluding carboxylic acids is 1. The highest BCUT2D eigenvalue weighted by atomic mass is 19.1. The number of hydrogen-bond donors (Lipinski definition) is 0. The summed E-state index contributed by atoms with van der Waals surface area (Å²) in [6.45, 7) is 1.94. The van der Waals surface area contributed by atoms with Crippen molar-refractivity contribution in [3.05, 3.63) is 65.2 Å². The van der Waals surface area contributed by atoms with E-state index >= 15 is 0 Å². The van der Waals surface area contributed by atoms with E-state index in [2.05, 4.69) is 4.98 Å². The molecule has 0 unspecified atom stereocenters. The van der Waals surface area contributed by atoms with Crippen LogP contribution in [0.15, 0.2) is 42.7 Å². The molecule has 0 saturated heterocycles. The summed E-state index contributed by atoms with van der Waals surface area (Å²) >= 11 is 0. The van der Waals surface area contributed by atoms with Gasteiger partial charge in [0.1, 0.15) is 5.82 Å². The van der Waals surface area contributed by atoms with Crippen LogP contribution in [0.4, 0.5) is 4.39 Å². The predicted molar refractivity (Wildman–Crippen MR) is 63.4 cm³/mol. The molecule has 0 aliphatic rings. The summed E-state index contributed by atoms with van der Waals surface area (Å²) in [5, 5.41) is 0. The van der Waals surface area contributed by atoms with Gasteiger partial charge < -0.3 is 0 Å². The lowest BCUT2D eigenvalue weighted by Crippen LogP contribution is -2.07. The van der Waals surface area contributed by atoms with Gasteiger partial charge in [-0.25, -0.2) is 4.39 Å². The first-order valence-corrected chi connectivity index (χ1v) is 5.46. The molecule has 0 amide bonds. The van der Waals surface area contributed by atoms with Gasteiger partial charge in [0.2, 0.25) is 0 Å². The van der Waals surface area contributed by atoms with E-state index in [9.17, 15) is 9.18 Å². The second-order valence-corrected chi connectivity index (χ2v) is 3.70. The molecule has 2 rings (SSSR count). The largest absolute Gasteiger partial charge is 0.288 e. The van der Waals surface area contributed by atoms with Crippen LogP contribution < -0.4 is 0 Å².